The van der Waals surface area contributed by atoms with Crippen LogP contribution in [0.25, 0.3) is 0 Å². The van der Waals surface area contributed by atoms with Crippen molar-refractivity contribution >= 4 is 0 Å². The second-order valence-corrected chi connectivity index (χ2v) is 5.97. The monoisotopic (exact) mass is 267 g/mol. The summed E-state index contributed by atoms with van der Waals surface area (Å²) in [4.78, 5) is 0. The maximum Gasteiger partial charge on any atom is 0.123 e. The van der Waals surface area contributed by atoms with Crippen LogP contribution in [-0.4, -0.2) is 30.9 Å². The molecule has 0 heterocycles. The van der Waals surface area contributed by atoms with Crippen molar-refractivity contribution in [2.24, 2.45) is 11.3 Å². The SMILES string of the molecule is CC1(C)CC1CNCC(O)COc1ccc(F)cc1. The smallest absolute Gasteiger partial charge is 0.123 e. The molecule has 1 aromatic rings. The third-order valence-electron chi connectivity index (χ3n) is 3.74. The van der Waals surface area contributed by atoms with Crippen molar-refractivity contribution in [1.29, 1.82) is 0 Å². The average Bonchev–Trinajstić information content (AvgIpc) is 2.96. The van der Waals surface area contributed by atoms with Gasteiger partial charge in [0.2, 0.25) is 0 Å². The molecule has 0 radical (unpaired) electrons. The van der Waals surface area contributed by atoms with Gasteiger partial charge in [0.15, 0.2) is 0 Å². The Morgan fingerprint density at radius 1 is 1.42 bits per heavy atom. The Hall–Kier alpha value is -1.13. The van der Waals surface area contributed by atoms with Gasteiger partial charge in [-0.2, -0.15) is 0 Å². The number of aliphatic hydroxyl groups is 1. The maximum absolute atomic E-state index is 12.7. The molecular formula is C15H22FNO2. The topological polar surface area (TPSA) is 41.5 Å². The van der Waals surface area contributed by atoms with Crippen LogP contribution in [0.2, 0.25) is 0 Å². The van der Waals surface area contributed by atoms with Crippen molar-refractivity contribution in [2.45, 2.75) is 26.4 Å². The Kier molecular flexibility index (Phi) is 4.42. The normalized spacial score (nSPS) is 22.0. The lowest BCUT2D eigenvalue weighted by atomic mass is 10.1. The zero-order valence-electron chi connectivity index (χ0n) is 11.5. The Morgan fingerprint density at radius 3 is 2.63 bits per heavy atom. The van der Waals surface area contributed by atoms with Crippen LogP contribution in [-0.2, 0) is 0 Å². The Labute approximate surface area is 113 Å². The fourth-order valence-electron chi connectivity index (χ4n) is 2.13. The molecule has 0 bridgehead atoms. The zero-order chi connectivity index (χ0) is 13.9. The number of nitrogens with one attached hydrogen (secondary N) is 1. The molecule has 0 amide bonds. The largest absolute Gasteiger partial charge is 0.491 e. The second-order valence-electron chi connectivity index (χ2n) is 5.97. The minimum Gasteiger partial charge on any atom is -0.491 e. The van der Waals surface area contributed by atoms with E-state index in [1.807, 2.05) is 0 Å². The lowest BCUT2D eigenvalue weighted by molar-refractivity contribution is 0.106. The van der Waals surface area contributed by atoms with Crippen LogP contribution in [0.3, 0.4) is 0 Å². The number of benzene rings is 1. The summed E-state index contributed by atoms with van der Waals surface area (Å²) < 4.78 is 18.1. The molecule has 4 heteroatoms. The molecule has 1 fully saturated rings. The van der Waals surface area contributed by atoms with E-state index in [-0.39, 0.29) is 12.4 Å². The Morgan fingerprint density at radius 2 is 2.05 bits per heavy atom. The van der Waals surface area contributed by atoms with E-state index in [4.69, 9.17) is 4.74 Å². The first-order valence-electron chi connectivity index (χ1n) is 6.74. The van der Waals surface area contributed by atoms with Gasteiger partial charge in [-0.3, -0.25) is 0 Å². The molecule has 2 unspecified atom stereocenters. The van der Waals surface area contributed by atoms with Crippen LogP contribution in [0.1, 0.15) is 20.3 Å². The molecule has 0 aliphatic heterocycles. The second kappa shape index (κ2) is 5.88. The number of aliphatic hydroxyl groups excluding tert-OH is 1. The minimum atomic E-state index is -0.549. The zero-order valence-corrected chi connectivity index (χ0v) is 11.5. The van der Waals surface area contributed by atoms with Crippen molar-refractivity contribution < 1.29 is 14.2 Å². The number of halogens is 1. The van der Waals surface area contributed by atoms with Gasteiger partial charge in [0.25, 0.3) is 0 Å². The molecule has 0 spiro atoms. The summed E-state index contributed by atoms with van der Waals surface area (Å²) in [5.74, 6) is 1.00. The minimum absolute atomic E-state index is 0.215. The number of hydrogen-bond acceptors (Lipinski definition) is 3. The van der Waals surface area contributed by atoms with Gasteiger partial charge in [0.1, 0.15) is 24.3 Å². The molecule has 0 aromatic heterocycles. The van der Waals surface area contributed by atoms with E-state index in [0.29, 0.717) is 17.7 Å². The van der Waals surface area contributed by atoms with Crippen molar-refractivity contribution in [3.05, 3.63) is 30.1 Å². The fraction of sp³-hybridized carbons (Fsp3) is 0.600. The van der Waals surface area contributed by atoms with Crippen LogP contribution < -0.4 is 10.1 Å². The summed E-state index contributed by atoms with van der Waals surface area (Å²) in [6, 6.07) is 5.80. The molecule has 106 valence electrons. The van der Waals surface area contributed by atoms with E-state index in [1.54, 1.807) is 12.1 Å². The fourth-order valence-corrected chi connectivity index (χ4v) is 2.13. The van der Waals surface area contributed by atoms with Gasteiger partial charge in [-0.25, -0.2) is 4.39 Å². The van der Waals surface area contributed by atoms with Gasteiger partial charge < -0.3 is 15.2 Å². The van der Waals surface area contributed by atoms with Crippen molar-refractivity contribution in [3.63, 3.8) is 0 Å². The summed E-state index contributed by atoms with van der Waals surface area (Å²) in [5, 5.41) is 13.0. The van der Waals surface area contributed by atoms with E-state index in [1.165, 1.54) is 18.6 Å². The highest BCUT2D eigenvalue weighted by Crippen LogP contribution is 2.50. The molecule has 0 saturated heterocycles. The summed E-state index contributed by atoms with van der Waals surface area (Å²) >= 11 is 0. The number of hydrogen-bond donors (Lipinski definition) is 2. The third-order valence-corrected chi connectivity index (χ3v) is 3.74. The van der Waals surface area contributed by atoms with E-state index in [0.717, 1.165) is 12.5 Å². The predicted octanol–water partition coefficient (Wildman–Crippen LogP) is 2.20. The molecule has 19 heavy (non-hydrogen) atoms. The standard InChI is InChI=1S/C15H22FNO2/c1-15(2)7-11(15)8-17-9-13(18)10-19-14-5-3-12(16)4-6-14/h3-6,11,13,17-18H,7-10H2,1-2H3. The number of ether oxygens (including phenoxy) is 1. The van der Waals surface area contributed by atoms with Crippen LogP contribution in [0.4, 0.5) is 4.39 Å². The van der Waals surface area contributed by atoms with Gasteiger partial charge in [-0.1, -0.05) is 13.8 Å². The van der Waals surface area contributed by atoms with E-state index in [2.05, 4.69) is 19.2 Å². The first kappa shape index (κ1) is 14.3. The van der Waals surface area contributed by atoms with Crippen LogP contribution in [0, 0.1) is 17.2 Å². The van der Waals surface area contributed by atoms with Gasteiger partial charge >= 0.3 is 0 Å². The van der Waals surface area contributed by atoms with Crippen molar-refractivity contribution in [3.8, 4) is 5.75 Å². The van der Waals surface area contributed by atoms with Crippen molar-refractivity contribution in [2.75, 3.05) is 19.7 Å². The van der Waals surface area contributed by atoms with Gasteiger partial charge in [-0.15, -0.1) is 0 Å². The highest BCUT2D eigenvalue weighted by atomic mass is 19.1. The molecule has 1 aliphatic carbocycles. The van der Waals surface area contributed by atoms with E-state index >= 15 is 0 Å². The molecular weight excluding hydrogens is 245 g/mol. The van der Waals surface area contributed by atoms with E-state index < -0.39 is 6.10 Å². The van der Waals surface area contributed by atoms with Crippen LogP contribution in [0.5, 0.6) is 5.75 Å². The lowest BCUT2D eigenvalue weighted by Gasteiger charge is -2.13. The quantitative estimate of drug-likeness (QED) is 0.796. The molecule has 2 rings (SSSR count). The summed E-state index contributed by atoms with van der Waals surface area (Å²) in [7, 11) is 0. The molecule has 1 saturated carbocycles. The highest BCUT2D eigenvalue weighted by molar-refractivity contribution is 5.22. The van der Waals surface area contributed by atoms with Gasteiger partial charge in [0.05, 0.1) is 0 Å². The highest BCUT2D eigenvalue weighted by Gasteiger charge is 2.44. The first-order chi connectivity index (χ1) is 8.97. The average molecular weight is 267 g/mol. The molecule has 1 aliphatic rings. The Bertz CT molecular complexity index is 405. The summed E-state index contributed by atoms with van der Waals surface area (Å²) in [6.07, 6.45) is 0.703. The van der Waals surface area contributed by atoms with Crippen LogP contribution >= 0.6 is 0 Å². The lowest BCUT2D eigenvalue weighted by Crippen LogP contribution is -2.33. The number of rotatable bonds is 7. The molecule has 1 aromatic carbocycles. The van der Waals surface area contributed by atoms with Gasteiger partial charge in [0, 0.05) is 6.54 Å². The van der Waals surface area contributed by atoms with Crippen LogP contribution in [0.15, 0.2) is 24.3 Å². The molecule has 2 atom stereocenters. The third kappa shape index (κ3) is 4.48. The first-order valence-corrected chi connectivity index (χ1v) is 6.74. The molecule has 2 N–H and O–H groups in total. The summed E-state index contributed by atoms with van der Waals surface area (Å²) in [5.41, 5.74) is 0.461. The molecule has 3 nitrogen and oxygen atoms in total. The summed E-state index contributed by atoms with van der Waals surface area (Å²) in [6.45, 7) is 6.20. The predicted molar refractivity (Wildman–Crippen MR) is 72.7 cm³/mol. The van der Waals surface area contributed by atoms with E-state index in [9.17, 15) is 9.50 Å². The maximum atomic E-state index is 12.7. The van der Waals surface area contributed by atoms with Crippen molar-refractivity contribution in [1.82, 2.24) is 5.32 Å². The Balaban J connectivity index is 1.59. The van der Waals surface area contributed by atoms with Gasteiger partial charge in [-0.05, 0) is 48.6 Å².